The molecule has 10 heavy (non-hydrogen) atoms. The van der Waals surface area contributed by atoms with E-state index in [0.29, 0.717) is 5.25 Å². The summed E-state index contributed by atoms with van der Waals surface area (Å²) in [4.78, 5) is 4.01. The first kappa shape index (κ1) is 7.47. The number of rotatable bonds is 2. The van der Waals surface area contributed by atoms with Crippen molar-refractivity contribution in [2.75, 3.05) is 0 Å². The van der Waals surface area contributed by atoms with Gasteiger partial charge in [0.1, 0.15) is 0 Å². The maximum absolute atomic E-state index is 4.01. The van der Waals surface area contributed by atoms with Crippen LogP contribution in [0.15, 0.2) is 17.6 Å². The molecule has 0 fully saturated rings. The van der Waals surface area contributed by atoms with Crippen molar-refractivity contribution in [3.63, 3.8) is 0 Å². The van der Waals surface area contributed by atoms with Crippen LogP contribution in [-0.4, -0.2) is 20.4 Å². The van der Waals surface area contributed by atoms with Crippen LogP contribution < -0.4 is 0 Å². The van der Waals surface area contributed by atoms with Crippen molar-refractivity contribution in [2.45, 2.75) is 24.3 Å². The van der Waals surface area contributed by atoms with E-state index in [0.717, 1.165) is 5.16 Å². The fourth-order valence-electron chi connectivity index (χ4n) is 0.500. The topological polar surface area (TPSA) is 38.7 Å². The number of hydrogen-bond acceptors (Lipinski definition) is 4. The lowest BCUT2D eigenvalue weighted by atomic mass is 10.6. The van der Waals surface area contributed by atoms with E-state index >= 15 is 0 Å². The summed E-state index contributed by atoms with van der Waals surface area (Å²) in [7, 11) is 0. The second kappa shape index (κ2) is 3.51. The predicted molar refractivity (Wildman–Crippen MR) is 40.8 cm³/mol. The maximum Gasteiger partial charge on any atom is 0.209 e. The molecule has 0 aliphatic heterocycles. The Morgan fingerprint density at radius 1 is 1.40 bits per heavy atom. The molecule has 0 unspecified atom stereocenters. The SMILES string of the molecule is CC(C)Sc1nccnn1. The highest BCUT2D eigenvalue weighted by atomic mass is 32.2. The summed E-state index contributed by atoms with van der Waals surface area (Å²) in [5.41, 5.74) is 0. The molecule has 0 aliphatic carbocycles. The number of thioether (sulfide) groups is 1. The molecule has 1 aromatic rings. The number of nitrogens with zero attached hydrogens (tertiary/aromatic N) is 3. The summed E-state index contributed by atoms with van der Waals surface area (Å²) in [5.74, 6) is 0. The van der Waals surface area contributed by atoms with Gasteiger partial charge in [-0.15, -0.1) is 5.10 Å². The Morgan fingerprint density at radius 2 is 2.20 bits per heavy atom. The van der Waals surface area contributed by atoms with E-state index < -0.39 is 0 Å². The monoisotopic (exact) mass is 155 g/mol. The lowest BCUT2D eigenvalue weighted by molar-refractivity contribution is 0.834. The molecule has 0 aliphatic rings. The Kier molecular flexibility index (Phi) is 2.62. The van der Waals surface area contributed by atoms with E-state index in [1.807, 2.05) is 0 Å². The largest absolute Gasteiger partial charge is 0.228 e. The highest BCUT2D eigenvalue weighted by Crippen LogP contribution is 2.15. The molecule has 0 saturated carbocycles. The highest BCUT2D eigenvalue weighted by Gasteiger charge is 1.98. The van der Waals surface area contributed by atoms with Gasteiger partial charge in [-0.25, -0.2) is 4.98 Å². The van der Waals surface area contributed by atoms with Crippen molar-refractivity contribution in [3.8, 4) is 0 Å². The van der Waals surface area contributed by atoms with Gasteiger partial charge in [-0.1, -0.05) is 25.6 Å². The Labute approximate surface area is 64.3 Å². The lowest BCUT2D eigenvalue weighted by Gasteiger charge is -1.99. The molecule has 0 atom stereocenters. The molecule has 0 N–H and O–H groups in total. The zero-order chi connectivity index (χ0) is 7.40. The van der Waals surface area contributed by atoms with Gasteiger partial charge in [-0.05, 0) is 0 Å². The van der Waals surface area contributed by atoms with Gasteiger partial charge in [0.2, 0.25) is 5.16 Å². The standard InChI is InChI=1S/C6H9N3S/c1-5(2)10-6-7-3-4-8-9-6/h3-5H,1-2H3. The number of hydrogen-bond donors (Lipinski definition) is 0. The highest BCUT2D eigenvalue weighted by molar-refractivity contribution is 7.99. The minimum atomic E-state index is 0.518. The Balaban J connectivity index is 2.59. The molecular formula is C6H9N3S. The van der Waals surface area contributed by atoms with Crippen molar-refractivity contribution in [1.29, 1.82) is 0 Å². The molecule has 0 bridgehead atoms. The summed E-state index contributed by atoms with van der Waals surface area (Å²) in [6, 6.07) is 0. The average molecular weight is 155 g/mol. The van der Waals surface area contributed by atoms with Gasteiger partial charge in [0.25, 0.3) is 0 Å². The summed E-state index contributed by atoms with van der Waals surface area (Å²) >= 11 is 1.61. The molecule has 54 valence electrons. The van der Waals surface area contributed by atoms with E-state index in [4.69, 9.17) is 0 Å². The van der Waals surface area contributed by atoms with Gasteiger partial charge < -0.3 is 0 Å². The molecule has 1 rings (SSSR count). The third kappa shape index (κ3) is 2.31. The lowest BCUT2D eigenvalue weighted by Crippen LogP contribution is -1.92. The van der Waals surface area contributed by atoms with Gasteiger partial charge in [-0.3, -0.25) is 0 Å². The molecule has 3 nitrogen and oxygen atoms in total. The van der Waals surface area contributed by atoms with Gasteiger partial charge in [0, 0.05) is 5.25 Å². The van der Waals surface area contributed by atoms with Crippen LogP contribution in [0.3, 0.4) is 0 Å². The first-order valence-corrected chi connectivity index (χ1v) is 3.97. The van der Waals surface area contributed by atoms with Crippen LogP contribution in [0.1, 0.15) is 13.8 Å². The summed E-state index contributed by atoms with van der Waals surface area (Å²) < 4.78 is 0. The van der Waals surface area contributed by atoms with Crippen molar-refractivity contribution in [1.82, 2.24) is 15.2 Å². The second-order valence-corrected chi connectivity index (χ2v) is 3.64. The van der Waals surface area contributed by atoms with Gasteiger partial charge in [0.05, 0.1) is 12.4 Å². The van der Waals surface area contributed by atoms with Crippen molar-refractivity contribution in [3.05, 3.63) is 12.4 Å². The average Bonchev–Trinajstić information content (AvgIpc) is 1.88. The minimum Gasteiger partial charge on any atom is -0.228 e. The molecule has 0 spiro atoms. The molecular weight excluding hydrogens is 146 g/mol. The van der Waals surface area contributed by atoms with Gasteiger partial charge in [-0.2, -0.15) is 5.10 Å². The van der Waals surface area contributed by atoms with Crippen LogP contribution >= 0.6 is 11.8 Å². The van der Waals surface area contributed by atoms with E-state index in [1.54, 1.807) is 24.2 Å². The third-order valence-electron chi connectivity index (χ3n) is 0.803. The molecule has 0 amide bonds. The fraction of sp³-hybridized carbons (Fsp3) is 0.500. The summed E-state index contributed by atoms with van der Waals surface area (Å²) in [6.45, 7) is 4.20. The van der Waals surface area contributed by atoms with Gasteiger partial charge >= 0.3 is 0 Å². The van der Waals surface area contributed by atoms with Crippen LogP contribution in [0.5, 0.6) is 0 Å². The molecule has 0 saturated heterocycles. The maximum atomic E-state index is 4.01. The smallest absolute Gasteiger partial charge is 0.209 e. The fourth-order valence-corrected chi connectivity index (χ4v) is 1.14. The van der Waals surface area contributed by atoms with Crippen molar-refractivity contribution >= 4 is 11.8 Å². The normalized spacial score (nSPS) is 10.3. The Morgan fingerprint density at radius 3 is 2.70 bits per heavy atom. The predicted octanol–water partition coefficient (Wildman–Crippen LogP) is 1.37. The van der Waals surface area contributed by atoms with E-state index in [1.165, 1.54) is 0 Å². The van der Waals surface area contributed by atoms with Crippen LogP contribution in [0.25, 0.3) is 0 Å². The zero-order valence-electron chi connectivity index (χ0n) is 5.98. The van der Waals surface area contributed by atoms with Crippen LogP contribution in [0.2, 0.25) is 0 Å². The quantitative estimate of drug-likeness (QED) is 0.605. The van der Waals surface area contributed by atoms with Crippen LogP contribution in [-0.2, 0) is 0 Å². The molecule has 0 aromatic carbocycles. The molecule has 1 heterocycles. The Hall–Kier alpha value is -0.640. The van der Waals surface area contributed by atoms with Crippen molar-refractivity contribution < 1.29 is 0 Å². The minimum absolute atomic E-state index is 0.518. The summed E-state index contributed by atoms with van der Waals surface area (Å²) in [6.07, 6.45) is 3.22. The molecule has 4 heteroatoms. The van der Waals surface area contributed by atoms with Crippen molar-refractivity contribution in [2.24, 2.45) is 0 Å². The Bertz CT molecular complexity index is 187. The van der Waals surface area contributed by atoms with Gasteiger partial charge in [0.15, 0.2) is 0 Å². The molecule has 1 aromatic heterocycles. The van der Waals surface area contributed by atoms with E-state index in [9.17, 15) is 0 Å². The van der Waals surface area contributed by atoms with Crippen LogP contribution in [0, 0.1) is 0 Å². The van der Waals surface area contributed by atoms with Crippen LogP contribution in [0.4, 0.5) is 0 Å². The third-order valence-corrected chi connectivity index (χ3v) is 1.67. The summed E-state index contributed by atoms with van der Waals surface area (Å²) in [5, 5.41) is 8.79. The zero-order valence-corrected chi connectivity index (χ0v) is 6.80. The first-order chi connectivity index (χ1) is 4.79. The second-order valence-electron chi connectivity index (χ2n) is 2.09. The number of aromatic nitrogens is 3. The molecule has 0 radical (unpaired) electrons. The first-order valence-electron chi connectivity index (χ1n) is 3.09. The van der Waals surface area contributed by atoms with E-state index in [-0.39, 0.29) is 0 Å². The van der Waals surface area contributed by atoms with E-state index in [2.05, 4.69) is 29.0 Å².